The van der Waals surface area contributed by atoms with E-state index < -0.39 is 12.2 Å². The normalized spacial score (nSPS) is 23.5. The third-order valence-electron chi connectivity index (χ3n) is 7.13. The Kier molecular flexibility index (Phi) is 5.91. The van der Waals surface area contributed by atoms with E-state index in [4.69, 9.17) is 4.42 Å². The average Bonchev–Trinajstić information content (AvgIpc) is 3.38. The van der Waals surface area contributed by atoms with Crippen molar-refractivity contribution in [2.45, 2.75) is 64.1 Å². The zero-order valence-electron chi connectivity index (χ0n) is 19.0. The second kappa shape index (κ2) is 9.00. The Labute approximate surface area is 193 Å². The van der Waals surface area contributed by atoms with Crippen molar-refractivity contribution in [3.05, 3.63) is 48.2 Å². The van der Waals surface area contributed by atoms with Gasteiger partial charge in [-0.2, -0.15) is 0 Å². The molecule has 1 unspecified atom stereocenters. The van der Waals surface area contributed by atoms with E-state index in [0.717, 1.165) is 19.3 Å². The number of hydrogen-bond donors (Lipinski definition) is 0. The van der Waals surface area contributed by atoms with Crippen molar-refractivity contribution in [1.82, 2.24) is 14.8 Å². The van der Waals surface area contributed by atoms with E-state index in [1.165, 1.54) is 25.5 Å². The van der Waals surface area contributed by atoms with Gasteiger partial charge in [0.2, 0.25) is 5.91 Å². The number of pyridine rings is 1. The first kappa shape index (κ1) is 21.7. The molecule has 0 spiro atoms. The smallest absolute Gasteiger partial charge is 0.295 e. The average molecular weight is 451 g/mol. The molecule has 1 saturated carbocycles. The van der Waals surface area contributed by atoms with Gasteiger partial charge in [-0.1, -0.05) is 32.6 Å². The minimum atomic E-state index is -0.605. The van der Waals surface area contributed by atoms with Crippen LogP contribution in [0.25, 0.3) is 0 Å². The van der Waals surface area contributed by atoms with E-state index in [1.807, 2.05) is 11.8 Å². The molecule has 8 heteroatoms. The van der Waals surface area contributed by atoms with Gasteiger partial charge in [0.1, 0.15) is 12.2 Å². The molecular formula is C25H30N4O4. The lowest BCUT2D eigenvalue weighted by molar-refractivity contribution is -0.144. The summed E-state index contributed by atoms with van der Waals surface area (Å²) >= 11 is 0. The fourth-order valence-electron chi connectivity index (χ4n) is 5.58. The first-order valence-corrected chi connectivity index (χ1v) is 12.0. The summed E-state index contributed by atoms with van der Waals surface area (Å²) in [6.07, 6.45) is 9.61. The standard InChI is InChI=1S/C25H30N4O4/c1-2-8-19-23(30)27(15-17-9-4-3-5-10-17)16-21-28(24(31)20-12-7-14-33-20)18-11-6-13-26-22(18)25(32)29(19)21/h6-7,11-14,17,19,21H,2-5,8-10,15-16H2,1H3/t19-,21?/m0/s1. The number of fused-ring (bicyclic) bond motifs is 2. The zero-order chi connectivity index (χ0) is 22.9. The highest BCUT2D eigenvalue weighted by Crippen LogP contribution is 2.37. The molecule has 2 aromatic heterocycles. The molecule has 33 heavy (non-hydrogen) atoms. The monoisotopic (exact) mass is 450 g/mol. The number of furan rings is 1. The fraction of sp³-hybridized carbons (Fsp3) is 0.520. The summed E-state index contributed by atoms with van der Waals surface area (Å²) in [7, 11) is 0. The third kappa shape index (κ3) is 3.81. The molecule has 2 atom stereocenters. The first-order valence-electron chi connectivity index (χ1n) is 12.0. The van der Waals surface area contributed by atoms with E-state index in [-0.39, 0.29) is 29.2 Å². The number of nitrogens with zero attached hydrogens (tertiary/aromatic N) is 4. The van der Waals surface area contributed by atoms with Gasteiger partial charge in [-0.15, -0.1) is 0 Å². The highest BCUT2D eigenvalue weighted by molar-refractivity contribution is 6.12. The maximum absolute atomic E-state index is 13.6. The van der Waals surface area contributed by atoms with Crippen molar-refractivity contribution in [3.63, 3.8) is 0 Å². The Morgan fingerprint density at radius 2 is 1.97 bits per heavy atom. The fourth-order valence-corrected chi connectivity index (χ4v) is 5.58. The maximum atomic E-state index is 13.6. The summed E-state index contributed by atoms with van der Waals surface area (Å²) < 4.78 is 5.42. The largest absolute Gasteiger partial charge is 0.459 e. The molecule has 2 fully saturated rings. The minimum Gasteiger partial charge on any atom is -0.459 e. The molecule has 3 aliphatic rings. The van der Waals surface area contributed by atoms with Crippen molar-refractivity contribution in [2.75, 3.05) is 18.0 Å². The number of carbonyl (C=O) groups excluding carboxylic acids is 3. The van der Waals surface area contributed by atoms with Gasteiger partial charge in [0, 0.05) is 12.7 Å². The molecule has 4 heterocycles. The van der Waals surface area contributed by atoms with Gasteiger partial charge in [0.15, 0.2) is 11.5 Å². The zero-order valence-corrected chi connectivity index (χ0v) is 19.0. The van der Waals surface area contributed by atoms with Gasteiger partial charge >= 0.3 is 0 Å². The lowest BCUT2D eigenvalue weighted by Gasteiger charge is -2.52. The van der Waals surface area contributed by atoms with Crippen molar-refractivity contribution >= 4 is 23.4 Å². The van der Waals surface area contributed by atoms with Crippen LogP contribution in [0.3, 0.4) is 0 Å². The van der Waals surface area contributed by atoms with Crippen LogP contribution in [-0.4, -0.2) is 57.8 Å². The molecule has 0 aromatic carbocycles. The summed E-state index contributed by atoms with van der Waals surface area (Å²) in [6, 6.07) is 6.16. The predicted molar refractivity (Wildman–Crippen MR) is 122 cm³/mol. The van der Waals surface area contributed by atoms with E-state index >= 15 is 0 Å². The summed E-state index contributed by atoms with van der Waals surface area (Å²) in [5.41, 5.74) is 0.663. The van der Waals surface area contributed by atoms with Gasteiger partial charge < -0.3 is 14.2 Å². The van der Waals surface area contributed by atoms with Crippen LogP contribution in [0, 0.1) is 5.92 Å². The van der Waals surface area contributed by atoms with E-state index in [2.05, 4.69) is 4.98 Å². The number of aromatic nitrogens is 1. The van der Waals surface area contributed by atoms with Gasteiger partial charge in [0.25, 0.3) is 11.8 Å². The van der Waals surface area contributed by atoms with Gasteiger partial charge in [-0.25, -0.2) is 4.98 Å². The van der Waals surface area contributed by atoms with E-state index in [0.29, 0.717) is 31.1 Å². The lowest BCUT2D eigenvalue weighted by Crippen LogP contribution is -2.71. The highest BCUT2D eigenvalue weighted by Gasteiger charge is 2.51. The number of hydrogen-bond acceptors (Lipinski definition) is 5. The van der Waals surface area contributed by atoms with Crippen LogP contribution in [-0.2, 0) is 4.79 Å². The molecule has 0 radical (unpaired) electrons. The molecule has 0 N–H and O–H groups in total. The molecule has 3 amide bonds. The van der Waals surface area contributed by atoms with Crippen molar-refractivity contribution < 1.29 is 18.8 Å². The Bertz CT molecular complexity index is 1030. The Balaban J connectivity index is 1.56. The van der Waals surface area contributed by atoms with Crippen LogP contribution < -0.4 is 4.90 Å². The van der Waals surface area contributed by atoms with Gasteiger partial charge in [-0.3, -0.25) is 19.3 Å². The summed E-state index contributed by atoms with van der Waals surface area (Å²) in [4.78, 5) is 50.1. The second-order valence-corrected chi connectivity index (χ2v) is 9.27. The lowest BCUT2D eigenvalue weighted by atomic mass is 9.88. The van der Waals surface area contributed by atoms with Crippen LogP contribution in [0.1, 0.15) is 72.9 Å². The molecule has 5 rings (SSSR count). The van der Waals surface area contributed by atoms with Gasteiger partial charge in [-0.05, 0) is 49.4 Å². The minimum absolute atomic E-state index is 0.0168. The molecule has 1 saturated heterocycles. The summed E-state index contributed by atoms with van der Waals surface area (Å²) in [5.74, 6) is 0.0276. The van der Waals surface area contributed by atoms with Crippen LogP contribution in [0.15, 0.2) is 41.1 Å². The molecule has 174 valence electrons. The molecule has 8 nitrogen and oxygen atoms in total. The quantitative estimate of drug-likeness (QED) is 0.693. The number of carbonyl (C=O) groups is 3. The Hall–Kier alpha value is -3.16. The molecule has 0 bridgehead atoms. The van der Waals surface area contributed by atoms with Crippen LogP contribution >= 0.6 is 0 Å². The number of rotatable bonds is 5. The van der Waals surface area contributed by atoms with Crippen molar-refractivity contribution in [3.8, 4) is 0 Å². The van der Waals surface area contributed by atoms with Crippen LogP contribution in [0.4, 0.5) is 5.69 Å². The van der Waals surface area contributed by atoms with Crippen LogP contribution in [0.5, 0.6) is 0 Å². The summed E-state index contributed by atoms with van der Waals surface area (Å²) in [6.45, 7) is 2.98. The van der Waals surface area contributed by atoms with E-state index in [9.17, 15) is 14.4 Å². The molecule has 1 aliphatic carbocycles. The number of piperazine rings is 1. The Morgan fingerprint density at radius 1 is 1.15 bits per heavy atom. The third-order valence-corrected chi connectivity index (χ3v) is 7.13. The molecule has 2 aromatic rings. The van der Waals surface area contributed by atoms with Crippen molar-refractivity contribution in [1.29, 1.82) is 0 Å². The first-order chi connectivity index (χ1) is 16.1. The van der Waals surface area contributed by atoms with Crippen molar-refractivity contribution in [2.24, 2.45) is 5.92 Å². The topological polar surface area (TPSA) is 87.0 Å². The number of anilines is 1. The Morgan fingerprint density at radius 3 is 2.70 bits per heavy atom. The summed E-state index contributed by atoms with van der Waals surface area (Å²) in [5, 5.41) is 0. The molecule has 2 aliphatic heterocycles. The predicted octanol–water partition coefficient (Wildman–Crippen LogP) is 3.69. The second-order valence-electron chi connectivity index (χ2n) is 9.27. The van der Waals surface area contributed by atoms with E-state index in [1.54, 1.807) is 40.3 Å². The number of amides is 3. The maximum Gasteiger partial charge on any atom is 0.295 e. The van der Waals surface area contributed by atoms with Crippen LogP contribution in [0.2, 0.25) is 0 Å². The molecular weight excluding hydrogens is 420 g/mol. The SMILES string of the molecule is CCC[C@H]1C(=O)N(CC2CCCCC2)CC2N(C(=O)c3ccco3)c3cccnc3C(=O)N21. The van der Waals surface area contributed by atoms with Gasteiger partial charge in [0.05, 0.1) is 18.5 Å². The highest BCUT2D eigenvalue weighted by atomic mass is 16.3.